The van der Waals surface area contributed by atoms with E-state index in [1.807, 2.05) is 0 Å². The van der Waals surface area contributed by atoms with Gasteiger partial charge in [0.1, 0.15) is 0 Å². The predicted molar refractivity (Wildman–Crippen MR) is 106 cm³/mol. The molecule has 1 atom stereocenters. The summed E-state index contributed by atoms with van der Waals surface area (Å²) in [4.78, 5) is 22.8. The Morgan fingerprint density at radius 2 is 2.14 bits per heavy atom. The maximum atomic E-state index is 12.5. The van der Waals surface area contributed by atoms with Crippen LogP contribution in [0.1, 0.15) is 60.9 Å². The normalized spacial score (nSPS) is 16.8. The molecule has 2 aromatic rings. The lowest BCUT2D eigenvalue weighted by molar-refractivity contribution is -0.384. The minimum absolute atomic E-state index is 0.00824. The molecular weight excluding hydrogens is 358 g/mol. The molecule has 0 spiro atoms. The number of rotatable bonds is 6. The van der Waals surface area contributed by atoms with Crippen LogP contribution in [0.15, 0.2) is 29.4 Å². The fourth-order valence-electron chi connectivity index (χ4n) is 3.54. The number of nitro benzene ring substituents is 1. The van der Waals surface area contributed by atoms with E-state index in [-0.39, 0.29) is 17.0 Å². The highest BCUT2D eigenvalue weighted by Crippen LogP contribution is 2.40. The molecule has 1 aromatic carbocycles. The van der Waals surface area contributed by atoms with Gasteiger partial charge in [0.15, 0.2) is 5.69 Å². The van der Waals surface area contributed by atoms with Crippen molar-refractivity contribution in [1.29, 1.82) is 0 Å². The fraction of sp³-hybridized carbons (Fsp3) is 0.450. The van der Waals surface area contributed by atoms with Crippen LogP contribution in [0, 0.1) is 21.4 Å². The first-order valence-electron chi connectivity index (χ1n) is 9.45. The molecular formula is C20H25N5O3. The molecule has 0 unspecified atom stereocenters. The van der Waals surface area contributed by atoms with Crippen LogP contribution in [0.2, 0.25) is 0 Å². The van der Waals surface area contributed by atoms with Gasteiger partial charge in [0.25, 0.3) is 11.6 Å². The third kappa shape index (κ3) is 4.11. The number of hydrazone groups is 1. The zero-order chi connectivity index (χ0) is 20.3. The number of hydrogen-bond acceptors (Lipinski definition) is 5. The molecule has 0 bridgehead atoms. The van der Waals surface area contributed by atoms with Crippen LogP contribution in [-0.2, 0) is 12.8 Å². The molecule has 0 saturated heterocycles. The lowest BCUT2D eigenvalue weighted by atomic mass is 9.69. The van der Waals surface area contributed by atoms with E-state index < -0.39 is 4.92 Å². The molecule has 0 aliphatic heterocycles. The third-order valence-corrected chi connectivity index (χ3v) is 5.86. The van der Waals surface area contributed by atoms with Crippen LogP contribution < -0.4 is 5.43 Å². The van der Waals surface area contributed by atoms with E-state index in [1.54, 1.807) is 12.1 Å². The monoisotopic (exact) mass is 383 g/mol. The molecule has 1 amide bonds. The first-order valence-corrected chi connectivity index (χ1v) is 9.45. The smallest absolute Gasteiger partial charge is 0.281 e. The number of aromatic amines is 1. The molecule has 148 valence electrons. The van der Waals surface area contributed by atoms with Crippen molar-refractivity contribution in [3.8, 4) is 0 Å². The van der Waals surface area contributed by atoms with E-state index in [2.05, 4.69) is 41.5 Å². The van der Waals surface area contributed by atoms with Gasteiger partial charge in [-0.2, -0.15) is 10.2 Å². The quantitative estimate of drug-likeness (QED) is 0.450. The highest BCUT2D eigenvalue weighted by molar-refractivity contribution is 5.94. The summed E-state index contributed by atoms with van der Waals surface area (Å²) in [7, 11) is 0. The maximum absolute atomic E-state index is 12.5. The summed E-state index contributed by atoms with van der Waals surface area (Å²) in [5, 5.41) is 21.8. The topological polar surface area (TPSA) is 113 Å². The summed E-state index contributed by atoms with van der Waals surface area (Å²) in [6.07, 6.45) is 5.36. The van der Waals surface area contributed by atoms with Crippen molar-refractivity contribution in [3.05, 3.63) is 56.9 Å². The van der Waals surface area contributed by atoms with E-state index in [9.17, 15) is 14.9 Å². The van der Waals surface area contributed by atoms with E-state index >= 15 is 0 Å². The Morgan fingerprint density at radius 3 is 2.79 bits per heavy atom. The van der Waals surface area contributed by atoms with E-state index in [0.29, 0.717) is 17.2 Å². The summed E-state index contributed by atoms with van der Waals surface area (Å²) in [6, 6.07) is 5.93. The number of hydrogen-bond donors (Lipinski definition) is 2. The van der Waals surface area contributed by atoms with Crippen molar-refractivity contribution in [2.45, 2.75) is 46.5 Å². The standard InChI is InChI=1S/C20H25N5O3/c1-4-20(2,3)14-7-10-17-16(11-14)18(23-22-17)19(26)24-21-12-13-5-8-15(9-6-13)25(27)28/h5-6,8-9,12,14H,4,7,10-11H2,1-3H3,(H,22,23)(H,24,26)/b21-12-/t14-/m1/s1. The average Bonchev–Trinajstić information content (AvgIpc) is 3.11. The second-order valence-corrected chi connectivity index (χ2v) is 7.86. The van der Waals surface area contributed by atoms with Crippen LogP contribution in [0.3, 0.4) is 0 Å². The van der Waals surface area contributed by atoms with Crippen LogP contribution in [0.5, 0.6) is 0 Å². The van der Waals surface area contributed by atoms with Crippen molar-refractivity contribution in [2.75, 3.05) is 0 Å². The highest BCUT2D eigenvalue weighted by atomic mass is 16.6. The van der Waals surface area contributed by atoms with Gasteiger partial charge in [-0.3, -0.25) is 20.0 Å². The molecule has 2 N–H and O–H groups in total. The van der Waals surface area contributed by atoms with Crippen molar-refractivity contribution < 1.29 is 9.72 Å². The second kappa shape index (κ2) is 7.92. The largest absolute Gasteiger partial charge is 0.292 e. The molecule has 1 aromatic heterocycles. The zero-order valence-corrected chi connectivity index (χ0v) is 16.4. The lowest BCUT2D eigenvalue weighted by Gasteiger charge is -2.36. The number of aryl methyl sites for hydroxylation is 1. The van der Waals surface area contributed by atoms with Crippen LogP contribution >= 0.6 is 0 Å². The Labute approximate surface area is 163 Å². The van der Waals surface area contributed by atoms with Crippen LogP contribution in [0.25, 0.3) is 0 Å². The molecule has 1 aliphatic carbocycles. The second-order valence-electron chi connectivity index (χ2n) is 7.86. The number of carbonyl (C=O) groups excluding carboxylic acids is 1. The fourth-order valence-corrected chi connectivity index (χ4v) is 3.54. The number of carbonyl (C=O) groups is 1. The Morgan fingerprint density at radius 1 is 1.43 bits per heavy atom. The number of fused-ring (bicyclic) bond motifs is 1. The van der Waals surface area contributed by atoms with Gasteiger partial charge in [0.05, 0.1) is 11.1 Å². The van der Waals surface area contributed by atoms with E-state index in [0.717, 1.165) is 36.9 Å². The van der Waals surface area contributed by atoms with Gasteiger partial charge in [-0.1, -0.05) is 27.2 Å². The summed E-state index contributed by atoms with van der Waals surface area (Å²) in [5.74, 6) is 0.156. The Bertz CT molecular complexity index is 899. The summed E-state index contributed by atoms with van der Waals surface area (Å²) < 4.78 is 0. The molecule has 8 heteroatoms. The zero-order valence-electron chi connectivity index (χ0n) is 16.4. The molecule has 0 fully saturated rings. The molecule has 8 nitrogen and oxygen atoms in total. The predicted octanol–water partition coefficient (Wildman–Crippen LogP) is 3.62. The van der Waals surface area contributed by atoms with E-state index in [4.69, 9.17) is 0 Å². The first kappa shape index (κ1) is 19.7. The minimum atomic E-state index is -0.462. The number of nitrogens with one attached hydrogen (secondary N) is 2. The number of nitrogens with zero attached hydrogens (tertiary/aromatic N) is 3. The Balaban J connectivity index is 1.68. The van der Waals surface area contributed by atoms with Gasteiger partial charge in [0.2, 0.25) is 0 Å². The first-order chi connectivity index (χ1) is 13.3. The summed E-state index contributed by atoms with van der Waals surface area (Å²) in [5.41, 5.74) is 5.80. The van der Waals surface area contributed by atoms with Gasteiger partial charge in [-0.15, -0.1) is 0 Å². The number of non-ortho nitro benzene ring substituents is 1. The van der Waals surface area contributed by atoms with Gasteiger partial charge >= 0.3 is 0 Å². The SMILES string of the molecule is CCC(C)(C)[C@@H]1CCc2[nH]nc(C(=O)N/N=C\c3ccc([N+](=O)[O-])cc3)c2C1. The molecule has 0 saturated carbocycles. The van der Waals surface area contributed by atoms with Gasteiger partial charge in [-0.25, -0.2) is 5.43 Å². The number of benzene rings is 1. The van der Waals surface area contributed by atoms with Crippen molar-refractivity contribution in [1.82, 2.24) is 15.6 Å². The highest BCUT2D eigenvalue weighted by Gasteiger charge is 2.34. The van der Waals surface area contributed by atoms with Crippen molar-refractivity contribution in [3.63, 3.8) is 0 Å². The average molecular weight is 383 g/mol. The van der Waals surface area contributed by atoms with Crippen molar-refractivity contribution in [2.24, 2.45) is 16.4 Å². The van der Waals surface area contributed by atoms with Crippen LogP contribution in [0.4, 0.5) is 5.69 Å². The Hall–Kier alpha value is -3.03. The third-order valence-electron chi connectivity index (χ3n) is 5.86. The number of H-pyrrole nitrogens is 1. The summed E-state index contributed by atoms with van der Waals surface area (Å²) in [6.45, 7) is 6.75. The number of aromatic nitrogens is 2. The molecule has 1 aliphatic rings. The van der Waals surface area contributed by atoms with Gasteiger partial charge < -0.3 is 0 Å². The molecule has 3 rings (SSSR count). The van der Waals surface area contributed by atoms with Crippen LogP contribution in [-0.4, -0.2) is 27.2 Å². The number of nitro groups is 1. The Kier molecular flexibility index (Phi) is 5.58. The van der Waals surface area contributed by atoms with Crippen molar-refractivity contribution >= 4 is 17.8 Å². The lowest BCUT2D eigenvalue weighted by Crippen LogP contribution is -2.30. The van der Waals surface area contributed by atoms with Gasteiger partial charge in [0, 0.05) is 23.4 Å². The minimum Gasteiger partial charge on any atom is -0.281 e. The maximum Gasteiger partial charge on any atom is 0.292 e. The molecule has 0 radical (unpaired) electrons. The molecule has 1 heterocycles. The summed E-state index contributed by atoms with van der Waals surface area (Å²) >= 11 is 0. The van der Waals surface area contributed by atoms with Gasteiger partial charge in [-0.05, 0) is 48.3 Å². The van der Waals surface area contributed by atoms with E-state index in [1.165, 1.54) is 18.3 Å². The number of amides is 1. The molecule has 28 heavy (non-hydrogen) atoms.